The van der Waals surface area contributed by atoms with Gasteiger partial charge >= 0.3 is 7.12 Å². The maximum absolute atomic E-state index is 14.6. The van der Waals surface area contributed by atoms with Gasteiger partial charge in [-0.3, -0.25) is 0 Å². The summed E-state index contributed by atoms with van der Waals surface area (Å²) in [6.45, 7) is 10.6. The minimum Gasteiger partial charge on any atom is -0.398 e. The first-order valence-electron chi connectivity index (χ1n) is 7.85. The van der Waals surface area contributed by atoms with Gasteiger partial charge in [-0.1, -0.05) is 12.0 Å². The normalized spacial score (nSPS) is 19.8. The molecule has 0 saturated carbocycles. The molecule has 0 aromatic carbocycles. The van der Waals surface area contributed by atoms with Crippen LogP contribution in [0.15, 0.2) is 24.1 Å². The summed E-state index contributed by atoms with van der Waals surface area (Å²) in [6, 6.07) is 3.39. The molecule has 0 unspecified atom stereocenters. The number of hydrogen-bond donors (Lipinski definition) is 1. The zero-order chi connectivity index (χ0) is 18.2. The standard InChI is InChI=1S/C18H23BFNO3/c1-16(2,22)10-9-14-13(8-7-11-21-14)12-15(20)19-23-17(3,4)18(5,6)24-19/h7-8,11-12,22H,1-6H3. The zero-order valence-corrected chi connectivity index (χ0v) is 15.0. The highest BCUT2D eigenvalue weighted by Crippen LogP contribution is 2.39. The van der Waals surface area contributed by atoms with Crippen molar-refractivity contribution in [3.8, 4) is 11.8 Å². The number of aromatic nitrogens is 1. The summed E-state index contributed by atoms with van der Waals surface area (Å²) < 4.78 is 26.0. The largest absolute Gasteiger partial charge is 0.525 e. The number of pyridine rings is 1. The lowest BCUT2D eigenvalue weighted by Gasteiger charge is -2.32. The molecule has 1 aromatic rings. The Morgan fingerprint density at radius 2 is 1.88 bits per heavy atom. The summed E-state index contributed by atoms with van der Waals surface area (Å²) in [5.74, 6) is 5.45. The van der Waals surface area contributed by atoms with Gasteiger partial charge in [-0.2, -0.15) is 0 Å². The molecule has 1 aliphatic heterocycles. The molecular formula is C18H23BFNO3. The topological polar surface area (TPSA) is 51.6 Å². The predicted molar refractivity (Wildman–Crippen MR) is 92.6 cm³/mol. The maximum atomic E-state index is 14.6. The average molecular weight is 331 g/mol. The van der Waals surface area contributed by atoms with Crippen molar-refractivity contribution in [1.82, 2.24) is 4.98 Å². The number of halogens is 1. The zero-order valence-electron chi connectivity index (χ0n) is 15.0. The van der Waals surface area contributed by atoms with Gasteiger partial charge in [0.05, 0.1) is 11.2 Å². The summed E-state index contributed by atoms with van der Waals surface area (Å²) in [5, 5.41) is 9.71. The highest BCUT2D eigenvalue weighted by atomic mass is 19.1. The Hall–Kier alpha value is -1.68. The molecule has 0 bridgehead atoms. The molecule has 24 heavy (non-hydrogen) atoms. The number of hydrogen-bond acceptors (Lipinski definition) is 4. The fourth-order valence-electron chi connectivity index (χ4n) is 2.02. The molecule has 6 heteroatoms. The molecule has 0 aliphatic carbocycles. The third kappa shape index (κ3) is 4.24. The third-order valence-electron chi connectivity index (χ3n) is 4.10. The van der Waals surface area contributed by atoms with Gasteiger partial charge in [-0.25, -0.2) is 9.37 Å². The molecule has 128 valence electrons. The Morgan fingerprint density at radius 3 is 2.42 bits per heavy atom. The molecule has 1 aromatic heterocycles. The van der Waals surface area contributed by atoms with Crippen LogP contribution in [0.5, 0.6) is 0 Å². The van der Waals surface area contributed by atoms with E-state index in [0.717, 1.165) is 0 Å². The van der Waals surface area contributed by atoms with Crippen LogP contribution in [-0.4, -0.2) is 34.0 Å². The van der Waals surface area contributed by atoms with Crippen LogP contribution in [0.3, 0.4) is 0 Å². The lowest BCUT2D eigenvalue weighted by molar-refractivity contribution is 0.00578. The summed E-state index contributed by atoms with van der Waals surface area (Å²) >= 11 is 0. The summed E-state index contributed by atoms with van der Waals surface area (Å²) in [6.07, 6.45) is 2.88. The Morgan fingerprint density at radius 1 is 1.29 bits per heavy atom. The highest BCUT2D eigenvalue weighted by Gasteiger charge is 2.53. The molecule has 2 rings (SSSR count). The molecule has 1 N–H and O–H groups in total. The molecule has 0 atom stereocenters. The predicted octanol–water partition coefficient (Wildman–Crippen LogP) is 3.15. The van der Waals surface area contributed by atoms with E-state index >= 15 is 0 Å². The molecular weight excluding hydrogens is 308 g/mol. The van der Waals surface area contributed by atoms with Crippen LogP contribution in [-0.2, 0) is 9.31 Å². The van der Waals surface area contributed by atoms with Crippen molar-refractivity contribution in [3.05, 3.63) is 35.3 Å². The first-order valence-corrected chi connectivity index (χ1v) is 7.85. The van der Waals surface area contributed by atoms with Crippen molar-refractivity contribution >= 4 is 13.2 Å². The van der Waals surface area contributed by atoms with Crippen molar-refractivity contribution in [1.29, 1.82) is 0 Å². The van der Waals surface area contributed by atoms with Gasteiger partial charge in [-0.05, 0) is 59.6 Å². The van der Waals surface area contributed by atoms with Gasteiger partial charge in [0.15, 0.2) is 0 Å². The van der Waals surface area contributed by atoms with Crippen molar-refractivity contribution in [3.63, 3.8) is 0 Å². The second-order valence-electron chi connectivity index (χ2n) is 7.37. The van der Waals surface area contributed by atoms with Gasteiger partial charge in [0.25, 0.3) is 0 Å². The fraction of sp³-hybridized carbons (Fsp3) is 0.500. The molecule has 4 nitrogen and oxygen atoms in total. The van der Waals surface area contributed by atoms with E-state index in [0.29, 0.717) is 11.3 Å². The van der Waals surface area contributed by atoms with Crippen molar-refractivity contribution in [2.24, 2.45) is 0 Å². The second kappa shape index (κ2) is 6.32. The number of rotatable bonds is 2. The fourth-order valence-corrected chi connectivity index (χ4v) is 2.02. The lowest BCUT2D eigenvalue weighted by atomic mass is 9.86. The molecule has 0 radical (unpaired) electrons. The minimum absolute atomic E-state index is 0.381. The van der Waals surface area contributed by atoms with Crippen LogP contribution in [0.1, 0.15) is 52.8 Å². The molecule has 0 amide bonds. The Labute approximate surface area is 143 Å². The van der Waals surface area contributed by atoms with Crippen LogP contribution in [0.4, 0.5) is 4.39 Å². The molecule has 1 aliphatic rings. The van der Waals surface area contributed by atoms with Gasteiger partial charge < -0.3 is 14.4 Å². The van der Waals surface area contributed by atoms with E-state index in [4.69, 9.17) is 9.31 Å². The van der Waals surface area contributed by atoms with Crippen LogP contribution in [0.2, 0.25) is 0 Å². The monoisotopic (exact) mass is 331 g/mol. The van der Waals surface area contributed by atoms with E-state index in [2.05, 4.69) is 16.8 Å². The summed E-state index contributed by atoms with van der Waals surface area (Å²) in [4.78, 5) is 4.14. The average Bonchev–Trinajstić information content (AvgIpc) is 2.66. The van der Waals surface area contributed by atoms with Crippen LogP contribution < -0.4 is 0 Å². The van der Waals surface area contributed by atoms with Crippen molar-refractivity contribution in [2.75, 3.05) is 0 Å². The third-order valence-corrected chi connectivity index (χ3v) is 4.10. The van der Waals surface area contributed by atoms with Gasteiger partial charge in [-0.15, -0.1) is 0 Å². The van der Waals surface area contributed by atoms with Crippen LogP contribution >= 0.6 is 0 Å². The minimum atomic E-state index is -1.15. The smallest absolute Gasteiger partial charge is 0.398 e. The Balaban J connectivity index is 2.30. The molecule has 1 fully saturated rings. The summed E-state index contributed by atoms with van der Waals surface area (Å²) in [5.41, 5.74) is -2.04. The maximum Gasteiger partial charge on any atom is 0.525 e. The van der Waals surface area contributed by atoms with E-state index in [-0.39, 0.29) is 0 Å². The Kier molecular flexibility index (Phi) is 4.92. The highest BCUT2D eigenvalue weighted by molar-refractivity contribution is 6.54. The van der Waals surface area contributed by atoms with E-state index in [1.165, 1.54) is 6.08 Å². The Bertz CT molecular complexity index is 695. The van der Waals surface area contributed by atoms with Gasteiger partial charge in [0.2, 0.25) is 0 Å². The number of aliphatic hydroxyl groups is 1. The molecule has 0 spiro atoms. The van der Waals surface area contributed by atoms with E-state index in [1.807, 2.05) is 27.7 Å². The number of nitrogens with zero attached hydrogens (tertiary/aromatic N) is 1. The molecule has 1 saturated heterocycles. The quantitative estimate of drug-likeness (QED) is 0.668. The van der Waals surface area contributed by atoms with Gasteiger partial charge in [0.1, 0.15) is 17.0 Å². The van der Waals surface area contributed by atoms with Crippen LogP contribution in [0.25, 0.3) is 6.08 Å². The first-order chi connectivity index (χ1) is 10.9. The van der Waals surface area contributed by atoms with Crippen molar-refractivity contribution < 1.29 is 18.8 Å². The summed E-state index contributed by atoms with van der Waals surface area (Å²) in [7, 11) is -1.06. The van der Waals surface area contributed by atoms with Crippen molar-refractivity contribution in [2.45, 2.75) is 58.3 Å². The lowest BCUT2D eigenvalue weighted by Crippen LogP contribution is -2.41. The molecule has 2 heterocycles. The van der Waals surface area contributed by atoms with E-state index in [1.54, 1.807) is 32.2 Å². The SMILES string of the molecule is CC(C)(O)C#Cc1ncccc1C=C(F)B1OC(C)(C)C(C)(C)O1. The van der Waals surface area contributed by atoms with Gasteiger partial charge in [0, 0.05) is 11.8 Å². The second-order valence-corrected chi connectivity index (χ2v) is 7.37. The van der Waals surface area contributed by atoms with E-state index < -0.39 is 29.6 Å². The van der Waals surface area contributed by atoms with Crippen LogP contribution in [0, 0.1) is 11.8 Å². The first kappa shape index (κ1) is 18.7. The van der Waals surface area contributed by atoms with E-state index in [9.17, 15) is 9.50 Å².